The Morgan fingerprint density at radius 1 is 1.37 bits per heavy atom. The molecule has 0 unspecified atom stereocenters. The number of hydrogen-bond acceptors (Lipinski definition) is 5. The van der Waals surface area contributed by atoms with Crippen LogP contribution in [0.1, 0.15) is 40.9 Å². The van der Waals surface area contributed by atoms with E-state index >= 15 is 0 Å². The number of fused-ring (bicyclic) bond motifs is 1. The Hall–Kier alpha value is -2.41. The van der Waals surface area contributed by atoms with E-state index in [9.17, 15) is 9.18 Å². The van der Waals surface area contributed by atoms with Gasteiger partial charge in [-0.15, -0.1) is 0 Å². The number of aromatic nitrogens is 1. The maximum atomic E-state index is 14.8. The zero-order chi connectivity index (χ0) is 19.0. The minimum atomic E-state index is -0.623. The molecule has 4 rings (SSSR count). The van der Waals surface area contributed by atoms with Crippen molar-refractivity contribution in [2.75, 3.05) is 11.1 Å². The molecule has 1 aliphatic carbocycles. The summed E-state index contributed by atoms with van der Waals surface area (Å²) in [4.78, 5) is 21.3. The number of nitrogens with one attached hydrogen (secondary N) is 1. The molecule has 0 saturated heterocycles. The SMILES string of the molecule is Cc1ccnc(C(=O)Nc2ccc(F)c([C@]34CCC[C@H]3CSC(N)=N4)c2)c1. The van der Waals surface area contributed by atoms with Gasteiger partial charge in [-0.3, -0.25) is 14.8 Å². The van der Waals surface area contributed by atoms with Crippen molar-refractivity contribution in [3.63, 3.8) is 0 Å². The first kappa shape index (κ1) is 18.0. The maximum Gasteiger partial charge on any atom is 0.274 e. The molecule has 2 aliphatic rings. The second-order valence-corrected chi connectivity index (χ2v) is 8.18. The van der Waals surface area contributed by atoms with Crippen LogP contribution in [0.15, 0.2) is 41.5 Å². The number of halogens is 1. The fourth-order valence-electron chi connectivity index (χ4n) is 4.05. The Kier molecular flexibility index (Phi) is 4.63. The maximum absolute atomic E-state index is 14.8. The van der Waals surface area contributed by atoms with E-state index in [1.807, 2.05) is 13.0 Å². The van der Waals surface area contributed by atoms with Gasteiger partial charge in [0, 0.05) is 23.2 Å². The van der Waals surface area contributed by atoms with Crippen molar-refractivity contribution in [2.24, 2.45) is 16.6 Å². The number of thioether (sulfide) groups is 1. The lowest BCUT2D eigenvalue weighted by Gasteiger charge is -2.36. The number of carbonyl (C=O) groups is 1. The molecule has 1 aromatic heterocycles. The van der Waals surface area contributed by atoms with Gasteiger partial charge < -0.3 is 11.1 Å². The molecule has 0 bridgehead atoms. The minimum Gasteiger partial charge on any atom is -0.379 e. The topological polar surface area (TPSA) is 80.4 Å². The summed E-state index contributed by atoms with van der Waals surface area (Å²) in [5.74, 6) is 0.475. The van der Waals surface area contributed by atoms with Gasteiger partial charge in [0.25, 0.3) is 5.91 Å². The summed E-state index contributed by atoms with van der Waals surface area (Å²) in [6.45, 7) is 1.90. The molecular formula is C20H21FN4OS. The summed E-state index contributed by atoms with van der Waals surface area (Å²) < 4.78 is 14.8. The van der Waals surface area contributed by atoms with Crippen LogP contribution in [0.25, 0.3) is 0 Å². The van der Waals surface area contributed by atoms with E-state index in [4.69, 9.17) is 5.73 Å². The Labute approximate surface area is 161 Å². The van der Waals surface area contributed by atoms with Crippen LogP contribution in [0.3, 0.4) is 0 Å². The fourth-order valence-corrected chi connectivity index (χ4v) is 5.09. The van der Waals surface area contributed by atoms with Gasteiger partial charge in [-0.2, -0.15) is 0 Å². The van der Waals surface area contributed by atoms with Crippen molar-refractivity contribution in [3.05, 3.63) is 59.2 Å². The predicted molar refractivity (Wildman–Crippen MR) is 106 cm³/mol. The number of nitrogens with two attached hydrogens (primary N) is 1. The first-order valence-corrected chi connectivity index (χ1v) is 9.99. The van der Waals surface area contributed by atoms with E-state index in [2.05, 4.69) is 15.3 Å². The standard InChI is InChI=1S/C20H21FN4OS/c1-12-6-8-23-17(9-12)18(26)24-14-4-5-16(21)15(10-14)20-7-2-3-13(20)11-27-19(22)25-20/h4-6,8-10,13H,2-3,7,11H2,1H3,(H2,22,25)(H,24,26)/t13-,20-/m0/s1. The molecule has 5 nitrogen and oxygen atoms in total. The average molecular weight is 384 g/mol. The first-order valence-electron chi connectivity index (χ1n) is 9.00. The van der Waals surface area contributed by atoms with Crippen LogP contribution in [-0.4, -0.2) is 21.8 Å². The predicted octanol–water partition coefficient (Wildman–Crippen LogP) is 3.84. The summed E-state index contributed by atoms with van der Waals surface area (Å²) in [6, 6.07) is 8.21. The van der Waals surface area contributed by atoms with Gasteiger partial charge in [0.15, 0.2) is 5.17 Å². The van der Waals surface area contributed by atoms with E-state index in [1.165, 1.54) is 17.8 Å². The molecule has 2 atom stereocenters. The third-order valence-electron chi connectivity index (χ3n) is 5.37. The summed E-state index contributed by atoms with van der Waals surface area (Å²) in [7, 11) is 0. The second-order valence-electron chi connectivity index (χ2n) is 7.14. The molecule has 1 amide bonds. The Balaban J connectivity index is 1.68. The lowest BCUT2D eigenvalue weighted by molar-refractivity contribution is 0.102. The number of pyridine rings is 1. The van der Waals surface area contributed by atoms with Gasteiger partial charge >= 0.3 is 0 Å². The average Bonchev–Trinajstić information content (AvgIpc) is 3.07. The van der Waals surface area contributed by atoms with Gasteiger partial charge in [-0.05, 0) is 61.6 Å². The van der Waals surface area contributed by atoms with E-state index in [0.717, 1.165) is 30.6 Å². The minimum absolute atomic E-state index is 0.258. The summed E-state index contributed by atoms with van der Waals surface area (Å²) >= 11 is 1.53. The highest BCUT2D eigenvalue weighted by Crippen LogP contribution is 2.51. The quantitative estimate of drug-likeness (QED) is 0.843. The molecule has 1 aromatic carbocycles. The van der Waals surface area contributed by atoms with Crippen molar-refractivity contribution in [2.45, 2.75) is 31.7 Å². The summed E-state index contributed by atoms with van der Waals surface area (Å²) in [6.07, 6.45) is 4.37. The molecule has 1 saturated carbocycles. The number of rotatable bonds is 3. The number of benzene rings is 1. The van der Waals surface area contributed by atoms with Crippen LogP contribution in [0.5, 0.6) is 0 Å². The largest absolute Gasteiger partial charge is 0.379 e. The van der Waals surface area contributed by atoms with Crippen molar-refractivity contribution in [1.82, 2.24) is 4.98 Å². The van der Waals surface area contributed by atoms with Gasteiger partial charge in [0.05, 0.1) is 5.54 Å². The van der Waals surface area contributed by atoms with E-state index in [0.29, 0.717) is 22.1 Å². The smallest absolute Gasteiger partial charge is 0.274 e. The number of amidine groups is 1. The zero-order valence-electron chi connectivity index (χ0n) is 15.0. The highest BCUT2D eigenvalue weighted by atomic mass is 32.2. The number of nitrogens with zero attached hydrogens (tertiary/aromatic N) is 2. The molecular weight excluding hydrogens is 363 g/mol. The van der Waals surface area contributed by atoms with Crippen LogP contribution < -0.4 is 11.1 Å². The monoisotopic (exact) mass is 384 g/mol. The zero-order valence-corrected chi connectivity index (χ0v) is 15.9. The van der Waals surface area contributed by atoms with E-state index in [1.54, 1.807) is 24.4 Å². The Bertz CT molecular complexity index is 932. The van der Waals surface area contributed by atoms with Crippen molar-refractivity contribution >= 4 is 28.5 Å². The lowest BCUT2D eigenvalue weighted by atomic mass is 9.81. The van der Waals surface area contributed by atoms with Gasteiger partial charge in [-0.25, -0.2) is 4.39 Å². The molecule has 0 spiro atoms. The number of hydrogen-bond donors (Lipinski definition) is 2. The van der Waals surface area contributed by atoms with Gasteiger partial charge in [0.1, 0.15) is 11.5 Å². The number of aliphatic imine (C=N–C) groups is 1. The Morgan fingerprint density at radius 3 is 3.04 bits per heavy atom. The number of anilines is 1. The third-order valence-corrected chi connectivity index (χ3v) is 6.32. The molecule has 3 N–H and O–H groups in total. The van der Waals surface area contributed by atoms with Gasteiger partial charge in [-0.1, -0.05) is 18.2 Å². The molecule has 0 radical (unpaired) electrons. The van der Waals surface area contributed by atoms with Crippen LogP contribution in [0, 0.1) is 18.7 Å². The molecule has 1 fully saturated rings. The van der Waals surface area contributed by atoms with Gasteiger partial charge in [0.2, 0.25) is 0 Å². The first-order chi connectivity index (χ1) is 13.0. The fraction of sp³-hybridized carbons (Fsp3) is 0.350. The summed E-state index contributed by atoms with van der Waals surface area (Å²) in [5, 5.41) is 3.33. The highest BCUT2D eigenvalue weighted by molar-refractivity contribution is 8.13. The van der Waals surface area contributed by atoms with Crippen LogP contribution in [0.4, 0.5) is 10.1 Å². The number of aryl methyl sites for hydroxylation is 1. The van der Waals surface area contributed by atoms with Crippen LogP contribution in [0.2, 0.25) is 0 Å². The molecule has 2 heterocycles. The highest BCUT2D eigenvalue weighted by Gasteiger charge is 2.48. The molecule has 2 aromatic rings. The second kappa shape index (κ2) is 6.96. The van der Waals surface area contributed by atoms with Crippen LogP contribution in [-0.2, 0) is 5.54 Å². The number of carbonyl (C=O) groups excluding carboxylic acids is 1. The normalized spacial score (nSPS) is 24.2. The molecule has 1 aliphatic heterocycles. The van der Waals surface area contributed by atoms with Crippen molar-refractivity contribution < 1.29 is 9.18 Å². The van der Waals surface area contributed by atoms with Crippen molar-refractivity contribution in [1.29, 1.82) is 0 Å². The van der Waals surface area contributed by atoms with E-state index < -0.39 is 5.54 Å². The third kappa shape index (κ3) is 3.32. The lowest BCUT2D eigenvalue weighted by Crippen LogP contribution is -2.37. The number of amides is 1. The molecule has 27 heavy (non-hydrogen) atoms. The summed E-state index contributed by atoms with van der Waals surface area (Å²) in [5.41, 5.74) is 7.69. The Morgan fingerprint density at radius 2 is 2.22 bits per heavy atom. The van der Waals surface area contributed by atoms with Crippen LogP contribution >= 0.6 is 11.8 Å². The molecule has 7 heteroatoms. The van der Waals surface area contributed by atoms with E-state index in [-0.39, 0.29) is 17.6 Å². The van der Waals surface area contributed by atoms with Crippen molar-refractivity contribution in [3.8, 4) is 0 Å². The molecule has 140 valence electrons.